The van der Waals surface area contributed by atoms with Crippen molar-refractivity contribution in [3.8, 4) is 0 Å². The van der Waals surface area contributed by atoms with Gasteiger partial charge in [-0.3, -0.25) is 4.79 Å². The number of hydrogen-bond acceptors (Lipinski definition) is 4. The summed E-state index contributed by atoms with van der Waals surface area (Å²) < 4.78 is 26.9. The third-order valence-corrected chi connectivity index (χ3v) is 5.97. The maximum Gasteiger partial charge on any atom is 0.243 e. The van der Waals surface area contributed by atoms with Crippen molar-refractivity contribution in [2.75, 3.05) is 25.0 Å². The summed E-state index contributed by atoms with van der Waals surface area (Å²) in [4.78, 5) is 11.9. The monoisotopic (exact) mass is 309 g/mol. The van der Waals surface area contributed by atoms with Gasteiger partial charge in [0.05, 0.1) is 10.8 Å². The van der Waals surface area contributed by atoms with Crippen LogP contribution >= 0.6 is 0 Å². The zero-order valence-electron chi connectivity index (χ0n) is 12.1. The molecular weight excluding hydrogens is 290 g/mol. The largest absolute Gasteiger partial charge is 0.325 e. The van der Waals surface area contributed by atoms with E-state index in [4.69, 9.17) is 0 Å². The molecular formula is C14H19N3O3S. The summed E-state index contributed by atoms with van der Waals surface area (Å²) >= 11 is 0. The number of benzene rings is 1. The Bertz CT molecular complexity index is 687. The van der Waals surface area contributed by atoms with E-state index in [0.717, 1.165) is 5.56 Å². The second-order valence-electron chi connectivity index (χ2n) is 5.68. The number of anilines is 1. The topological polar surface area (TPSA) is 78.5 Å². The van der Waals surface area contributed by atoms with Gasteiger partial charge in [0.1, 0.15) is 0 Å². The lowest BCUT2D eigenvalue weighted by Gasteiger charge is -2.31. The van der Waals surface area contributed by atoms with Crippen LogP contribution in [-0.4, -0.2) is 44.3 Å². The average molecular weight is 309 g/mol. The Morgan fingerprint density at radius 3 is 2.76 bits per heavy atom. The molecule has 114 valence electrons. The second kappa shape index (κ2) is 5.08. The first-order valence-corrected chi connectivity index (χ1v) is 8.52. The third-order valence-electron chi connectivity index (χ3n) is 4.11. The van der Waals surface area contributed by atoms with Crippen LogP contribution in [0.25, 0.3) is 0 Å². The van der Waals surface area contributed by atoms with Crippen LogP contribution in [-0.2, 0) is 14.8 Å². The highest BCUT2D eigenvalue weighted by atomic mass is 32.2. The van der Waals surface area contributed by atoms with Gasteiger partial charge in [0.15, 0.2) is 0 Å². The van der Waals surface area contributed by atoms with E-state index in [-0.39, 0.29) is 22.8 Å². The van der Waals surface area contributed by atoms with Gasteiger partial charge >= 0.3 is 0 Å². The van der Waals surface area contributed by atoms with E-state index < -0.39 is 10.0 Å². The molecule has 0 aromatic heterocycles. The predicted octanol–water partition coefficient (Wildman–Crippen LogP) is 0.725. The first-order valence-electron chi connectivity index (χ1n) is 7.08. The molecule has 0 bridgehead atoms. The van der Waals surface area contributed by atoms with E-state index in [9.17, 15) is 13.2 Å². The zero-order valence-corrected chi connectivity index (χ0v) is 12.9. The van der Waals surface area contributed by atoms with Gasteiger partial charge in [0, 0.05) is 31.4 Å². The molecule has 21 heavy (non-hydrogen) atoms. The van der Waals surface area contributed by atoms with Crippen molar-refractivity contribution in [2.24, 2.45) is 0 Å². The van der Waals surface area contributed by atoms with Crippen molar-refractivity contribution in [3.63, 3.8) is 0 Å². The fourth-order valence-electron chi connectivity index (χ4n) is 2.82. The number of carbonyl (C=O) groups is 1. The van der Waals surface area contributed by atoms with E-state index in [0.29, 0.717) is 25.3 Å². The van der Waals surface area contributed by atoms with Crippen molar-refractivity contribution in [3.05, 3.63) is 23.8 Å². The van der Waals surface area contributed by atoms with Crippen molar-refractivity contribution < 1.29 is 13.2 Å². The lowest BCUT2D eigenvalue weighted by Crippen LogP contribution is -2.51. The molecule has 2 N–H and O–H groups in total. The number of nitrogens with one attached hydrogen (secondary N) is 2. The molecule has 1 aromatic carbocycles. The maximum atomic E-state index is 12.7. The highest BCUT2D eigenvalue weighted by Crippen LogP contribution is 2.34. The van der Waals surface area contributed by atoms with Crippen molar-refractivity contribution in [1.82, 2.24) is 9.62 Å². The molecule has 2 atom stereocenters. The summed E-state index contributed by atoms with van der Waals surface area (Å²) in [5.74, 6) is -0.396. The number of carbonyl (C=O) groups excluding carboxylic acids is 1. The first kappa shape index (κ1) is 14.5. The second-order valence-corrected chi connectivity index (χ2v) is 7.62. The lowest BCUT2D eigenvalue weighted by atomic mass is 10.0. The van der Waals surface area contributed by atoms with Gasteiger partial charge in [-0.05, 0) is 37.6 Å². The molecule has 2 aliphatic heterocycles. The number of amides is 1. The lowest BCUT2D eigenvalue weighted by molar-refractivity contribution is -0.116. The van der Waals surface area contributed by atoms with Crippen LogP contribution in [0.5, 0.6) is 0 Å². The van der Waals surface area contributed by atoms with Crippen molar-refractivity contribution in [1.29, 1.82) is 0 Å². The Kier molecular flexibility index (Phi) is 3.51. The Labute approximate surface area is 124 Å². The summed E-state index contributed by atoms with van der Waals surface area (Å²) in [6, 6.07) is 5.01. The summed E-state index contributed by atoms with van der Waals surface area (Å²) in [7, 11) is -3.50. The Balaban J connectivity index is 1.95. The van der Waals surface area contributed by atoms with E-state index in [2.05, 4.69) is 10.6 Å². The molecule has 1 fully saturated rings. The number of rotatable bonds is 2. The van der Waals surface area contributed by atoms with E-state index in [1.54, 1.807) is 25.1 Å². The number of hydrogen-bond donors (Lipinski definition) is 2. The molecule has 1 amide bonds. The fourth-order valence-corrected chi connectivity index (χ4v) is 4.39. The predicted molar refractivity (Wildman–Crippen MR) is 79.7 cm³/mol. The van der Waals surface area contributed by atoms with Gasteiger partial charge in [-0.25, -0.2) is 8.42 Å². The standard InChI is InChI=1S/C14H19N3O3S/c1-9-8-17(6-5-15-9)21(19,20)11-3-4-13-12(7-11)10(2)14(18)16-13/h3-4,7,9-10,15H,5-6,8H2,1-2H3,(H,16,18)/t9-,10?/m0/s1. The van der Waals surface area contributed by atoms with Gasteiger partial charge in [-0.15, -0.1) is 0 Å². The SMILES string of the molecule is CC1C(=O)Nc2ccc(S(=O)(=O)N3CCN[C@@H](C)C3)cc21. The highest BCUT2D eigenvalue weighted by Gasteiger charge is 2.32. The minimum atomic E-state index is -3.50. The molecule has 0 radical (unpaired) electrons. The zero-order chi connectivity index (χ0) is 15.2. The molecule has 0 aliphatic carbocycles. The van der Waals surface area contributed by atoms with Crippen LogP contribution in [0.1, 0.15) is 25.3 Å². The van der Waals surface area contributed by atoms with E-state index in [1.807, 2.05) is 6.92 Å². The third kappa shape index (κ3) is 2.45. The number of fused-ring (bicyclic) bond motifs is 1. The fraction of sp³-hybridized carbons (Fsp3) is 0.500. The van der Waals surface area contributed by atoms with Crippen LogP contribution in [0, 0.1) is 0 Å². The molecule has 2 heterocycles. The van der Waals surface area contributed by atoms with Crippen LogP contribution < -0.4 is 10.6 Å². The summed E-state index contributed by atoms with van der Waals surface area (Å²) in [6.07, 6.45) is 0. The number of nitrogens with zero attached hydrogens (tertiary/aromatic N) is 1. The number of sulfonamides is 1. The average Bonchev–Trinajstić information content (AvgIpc) is 2.74. The van der Waals surface area contributed by atoms with Crippen LogP contribution in [0.2, 0.25) is 0 Å². The first-order chi connectivity index (χ1) is 9.89. The Morgan fingerprint density at radius 2 is 2.05 bits per heavy atom. The normalized spacial score (nSPS) is 26.5. The Hall–Kier alpha value is -1.44. The highest BCUT2D eigenvalue weighted by molar-refractivity contribution is 7.89. The molecule has 1 saturated heterocycles. The molecule has 6 nitrogen and oxygen atoms in total. The molecule has 0 spiro atoms. The maximum absolute atomic E-state index is 12.7. The number of piperazine rings is 1. The quantitative estimate of drug-likeness (QED) is 0.844. The minimum Gasteiger partial charge on any atom is -0.325 e. The van der Waals surface area contributed by atoms with Gasteiger partial charge < -0.3 is 10.6 Å². The van der Waals surface area contributed by atoms with Crippen LogP contribution in [0.15, 0.2) is 23.1 Å². The molecule has 0 saturated carbocycles. The summed E-state index contributed by atoms with van der Waals surface area (Å²) in [5, 5.41) is 5.98. The molecule has 2 aliphatic rings. The summed E-state index contributed by atoms with van der Waals surface area (Å²) in [5.41, 5.74) is 1.46. The van der Waals surface area contributed by atoms with Gasteiger partial charge in [-0.1, -0.05) is 0 Å². The van der Waals surface area contributed by atoms with E-state index in [1.165, 1.54) is 4.31 Å². The van der Waals surface area contributed by atoms with Crippen molar-refractivity contribution >= 4 is 21.6 Å². The van der Waals surface area contributed by atoms with Crippen molar-refractivity contribution in [2.45, 2.75) is 30.7 Å². The molecule has 1 unspecified atom stereocenters. The summed E-state index contributed by atoms with van der Waals surface area (Å²) in [6.45, 7) is 5.34. The van der Waals surface area contributed by atoms with Crippen LogP contribution in [0.4, 0.5) is 5.69 Å². The minimum absolute atomic E-state index is 0.0876. The molecule has 1 aromatic rings. The van der Waals surface area contributed by atoms with Gasteiger partial charge in [0.25, 0.3) is 0 Å². The smallest absolute Gasteiger partial charge is 0.243 e. The van der Waals surface area contributed by atoms with Gasteiger partial charge in [-0.2, -0.15) is 4.31 Å². The molecule has 7 heteroatoms. The van der Waals surface area contributed by atoms with E-state index >= 15 is 0 Å². The van der Waals surface area contributed by atoms with Crippen LogP contribution in [0.3, 0.4) is 0 Å². The van der Waals surface area contributed by atoms with Gasteiger partial charge in [0.2, 0.25) is 15.9 Å². The Morgan fingerprint density at radius 1 is 1.29 bits per heavy atom. The molecule has 3 rings (SSSR count).